The van der Waals surface area contributed by atoms with Gasteiger partial charge in [0, 0.05) is 37.8 Å². The summed E-state index contributed by atoms with van der Waals surface area (Å²) in [5.41, 5.74) is 3.95. The van der Waals surface area contributed by atoms with Crippen molar-refractivity contribution in [2.45, 2.75) is 32.2 Å². The average molecular weight is 352 g/mol. The number of piperazine rings is 1. The molecule has 1 fully saturated rings. The summed E-state index contributed by atoms with van der Waals surface area (Å²) in [7, 11) is 0. The first kappa shape index (κ1) is 17.2. The van der Waals surface area contributed by atoms with Gasteiger partial charge in [-0.15, -0.1) is 0 Å². The number of nitrogens with zero attached hydrogens (tertiary/aromatic N) is 2. The summed E-state index contributed by atoms with van der Waals surface area (Å²) < 4.78 is 13.8. The Morgan fingerprint density at radius 2 is 1.85 bits per heavy atom. The van der Waals surface area contributed by atoms with E-state index in [1.165, 1.54) is 36.5 Å². The molecule has 2 aromatic carbocycles. The lowest BCUT2D eigenvalue weighted by Crippen LogP contribution is -2.50. The van der Waals surface area contributed by atoms with Crippen molar-refractivity contribution in [3.63, 3.8) is 0 Å². The van der Waals surface area contributed by atoms with Gasteiger partial charge in [0.2, 0.25) is 0 Å². The van der Waals surface area contributed by atoms with Gasteiger partial charge in [-0.2, -0.15) is 0 Å². The van der Waals surface area contributed by atoms with Crippen LogP contribution in [0.25, 0.3) is 0 Å². The van der Waals surface area contributed by atoms with E-state index in [-0.39, 0.29) is 11.7 Å². The molecule has 1 heterocycles. The highest BCUT2D eigenvalue weighted by atomic mass is 19.1. The first-order chi connectivity index (χ1) is 12.6. The zero-order valence-corrected chi connectivity index (χ0v) is 15.2. The Labute approximate surface area is 154 Å². The Hall–Kier alpha value is -2.20. The Kier molecular flexibility index (Phi) is 4.77. The lowest BCUT2D eigenvalue weighted by Gasteiger charge is -2.41. The van der Waals surface area contributed by atoms with Gasteiger partial charge in [-0.25, -0.2) is 4.39 Å². The van der Waals surface area contributed by atoms with Crippen LogP contribution in [0.3, 0.4) is 0 Å². The van der Waals surface area contributed by atoms with Crippen LogP contribution in [-0.4, -0.2) is 41.9 Å². The number of hydrogen-bond donors (Lipinski definition) is 0. The van der Waals surface area contributed by atoms with Crippen LogP contribution < -0.4 is 0 Å². The highest BCUT2D eigenvalue weighted by Crippen LogP contribution is 2.34. The van der Waals surface area contributed by atoms with E-state index in [0.717, 1.165) is 13.1 Å². The predicted molar refractivity (Wildman–Crippen MR) is 101 cm³/mol. The van der Waals surface area contributed by atoms with Crippen LogP contribution in [0.15, 0.2) is 42.5 Å². The highest BCUT2D eigenvalue weighted by molar-refractivity contribution is 5.94. The largest absolute Gasteiger partial charge is 0.336 e. The third-order valence-corrected chi connectivity index (χ3v) is 5.80. The predicted octanol–water partition coefficient (Wildman–Crippen LogP) is 3.97. The number of benzene rings is 2. The number of carbonyl (C=O) groups excluding carboxylic acids is 1. The smallest absolute Gasteiger partial charge is 0.254 e. The maximum Gasteiger partial charge on any atom is 0.254 e. The Morgan fingerprint density at radius 1 is 1.08 bits per heavy atom. The van der Waals surface area contributed by atoms with Gasteiger partial charge >= 0.3 is 0 Å². The quantitative estimate of drug-likeness (QED) is 0.816. The van der Waals surface area contributed by atoms with E-state index in [2.05, 4.69) is 29.2 Å². The molecule has 2 aromatic rings. The fourth-order valence-corrected chi connectivity index (χ4v) is 4.25. The molecule has 1 atom stereocenters. The van der Waals surface area contributed by atoms with Crippen molar-refractivity contribution < 1.29 is 9.18 Å². The summed E-state index contributed by atoms with van der Waals surface area (Å²) in [5, 5.41) is 0. The van der Waals surface area contributed by atoms with Gasteiger partial charge in [-0.1, -0.05) is 30.3 Å². The van der Waals surface area contributed by atoms with Crippen molar-refractivity contribution in [1.29, 1.82) is 0 Å². The van der Waals surface area contributed by atoms with E-state index >= 15 is 0 Å². The number of fused-ring (bicyclic) bond motifs is 1. The molecule has 3 nitrogen and oxygen atoms in total. The van der Waals surface area contributed by atoms with Crippen molar-refractivity contribution in [2.75, 3.05) is 26.2 Å². The van der Waals surface area contributed by atoms with E-state index in [9.17, 15) is 9.18 Å². The molecule has 4 rings (SSSR count). The van der Waals surface area contributed by atoms with Crippen LogP contribution in [0.1, 0.15) is 45.9 Å². The fourth-order valence-electron chi connectivity index (χ4n) is 4.25. The van der Waals surface area contributed by atoms with Gasteiger partial charge < -0.3 is 4.90 Å². The molecule has 1 amide bonds. The molecule has 2 aliphatic rings. The highest BCUT2D eigenvalue weighted by Gasteiger charge is 2.30. The molecule has 1 aliphatic heterocycles. The van der Waals surface area contributed by atoms with Gasteiger partial charge in [-0.05, 0) is 55.0 Å². The number of aryl methyl sites for hydroxylation is 2. The fraction of sp³-hybridized carbons (Fsp3) is 0.409. The summed E-state index contributed by atoms with van der Waals surface area (Å²) in [6.45, 7) is 4.86. The second-order valence-electron chi connectivity index (χ2n) is 7.40. The van der Waals surface area contributed by atoms with E-state index in [1.807, 2.05) is 4.90 Å². The Morgan fingerprint density at radius 3 is 2.62 bits per heavy atom. The van der Waals surface area contributed by atoms with E-state index in [1.54, 1.807) is 19.1 Å². The summed E-state index contributed by atoms with van der Waals surface area (Å²) in [4.78, 5) is 17.1. The minimum absolute atomic E-state index is 0.0624. The SMILES string of the molecule is Cc1ccc(C(=O)N2CCN(C3CCCc4ccccc43)CC2)cc1F. The van der Waals surface area contributed by atoms with Crippen LogP contribution in [0.4, 0.5) is 4.39 Å². The normalized spacial score (nSPS) is 20.7. The molecule has 0 aromatic heterocycles. The summed E-state index contributed by atoms with van der Waals surface area (Å²) in [6.07, 6.45) is 3.59. The topological polar surface area (TPSA) is 23.6 Å². The van der Waals surface area contributed by atoms with Gasteiger partial charge in [-0.3, -0.25) is 9.69 Å². The van der Waals surface area contributed by atoms with Gasteiger partial charge in [0.1, 0.15) is 5.82 Å². The molecule has 0 radical (unpaired) electrons. The molecule has 4 heteroatoms. The summed E-state index contributed by atoms with van der Waals surface area (Å²) in [6, 6.07) is 14.0. The van der Waals surface area contributed by atoms with E-state index in [4.69, 9.17) is 0 Å². The number of amides is 1. The second kappa shape index (κ2) is 7.20. The number of rotatable bonds is 2. The summed E-state index contributed by atoms with van der Waals surface area (Å²) >= 11 is 0. The van der Waals surface area contributed by atoms with Crippen LogP contribution in [0.5, 0.6) is 0 Å². The third kappa shape index (κ3) is 3.26. The molecule has 0 saturated carbocycles. The zero-order chi connectivity index (χ0) is 18.1. The first-order valence-electron chi connectivity index (χ1n) is 9.51. The minimum atomic E-state index is -0.312. The van der Waals surface area contributed by atoms with E-state index in [0.29, 0.717) is 30.3 Å². The molecule has 1 saturated heterocycles. The standard InChI is InChI=1S/C22H25FN2O/c1-16-9-10-18(15-20(16)23)22(26)25-13-11-24(12-14-25)21-8-4-6-17-5-2-3-7-19(17)21/h2-3,5,7,9-10,15,21H,4,6,8,11-14H2,1H3. The number of hydrogen-bond acceptors (Lipinski definition) is 2. The minimum Gasteiger partial charge on any atom is -0.336 e. The molecule has 0 bridgehead atoms. The van der Waals surface area contributed by atoms with Crippen molar-refractivity contribution >= 4 is 5.91 Å². The van der Waals surface area contributed by atoms with Crippen molar-refractivity contribution in [3.8, 4) is 0 Å². The maximum atomic E-state index is 13.8. The van der Waals surface area contributed by atoms with Crippen LogP contribution in [0.2, 0.25) is 0 Å². The van der Waals surface area contributed by atoms with Gasteiger partial charge in [0.15, 0.2) is 0 Å². The van der Waals surface area contributed by atoms with Gasteiger partial charge in [0.25, 0.3) is 5.91 Å². The Balaban J connectivity index is 1.43. The molecule has 26 heavy (non-hydrogen) atoms. The third-order valence-electron chi connectivity index (χ3n) is 5.80. The lowest BCUT2D eigenvalue weighted by atomic mass is 9.86. The zero-order valence-electron chi connectivity index (χ0n) is 15.2. The monoisotopic (exact) mass is 352 g/mol. The van der Waals surface area contributed by atoms with E-state index < -0.39 is 0 Å². The molecule has 136 valence electrons. The number of carbonyl (C=O) groups is 1. The Bertz CT molecular complexity index is 812. The van der Waals surface area contributed by atoms with Crippen LogP contribution >= 0.6 is 0 Å². The molecule has 1 aliphatic carbocycles. The maximum absolute atomic E-state index is 13.8. The lowest BCUT2D eigenvalue weighted by molar-refractivity contribution is 0.0548. The van der Waals surface area contributed by atoms with Gasteiger partial charge in [0.05, 0.1) is 0 Å². The first-order valence-corrected chi connectivity index (χ1v) is 9.51. The van der Waals surface area contributed by atoms with Crippen molar-refractivity contribution in [1.82, 2.24) is 9.80 Å². The van der Waals surface area contributed by atoms with Crippen LogP contribution in [0, 0.1) is 12.7 Å². The van der Waals surface area contributed by atoms with Crippen LogP contribution in [-0.2, 0) is 6.42 Å². The van der Waals surface area contributed by atoms with Crippen molar-refractivity contribution in [2.24, 2.45) is 0 Å². The molecule has 0 N–H and O–H groups in total. The molecular weight excluding hydrogens is 327 g/mol. The number of halogens is 1. The average Bonchev–Trinajstić information content (AvgIpc) is 2.69. The molecule has 1 unspecified atom stereocenters. The molecular formula is C22H25FN2O. The summed E-state index contributed by atoms with van der Waals surface area (Å²) in [5.74, 6) is -0.374. The van der Waals surface area contributed by atoms with Crippen molar-refractivity contribution in [3.05, 3.63) is 70.5 Å². The molecule has 0 spiro atoms. The second-order valence-corrected chi connectivity index (χ2v) is 7.40.